The summed E-state index contributed by atoms with van der Waals surface area (Å²) < 4.78 is 15.4. The molecule has 2 heterocycles. The summed E-state index contributed by atoms with van der Waals surface area (Å²) in [6.45, 7) is 3.34. The zero-order valence-corrected chi connectivity index (χ0v) is 15.4. The molecule has 0 unspecified atom stereocenters. The Morgan fingerprint density at radius 3 is 2.58 bits per heavy atom. The number of methoxy groups -OCH3 is 1. The first-order chi connectivity index (χ1) is 12.5. The lowest BCUT2D eigenvalue weighted by Crippen LogP contribution is -2.04. The van der Waals surface area contributed by atoms with Gasteiger partial charge in [-0.1, -0.05) is 30.3 Å². The van der Waals surface area contributed by atoms with Crippen LogP contribution in [0.5, 0.6) is 0 Å². The summed E-state index contributed by atoms with van der Waals surface area (Å²) in [5, 5.41) is 0.761. The predicted octanol–water partition coefficient (Wildman–Crippen LogP) is 4.16. The fourth-order valence-electron chi connectivity index (χ4n) is 2.42. The lowest BCUT2D eigenvalue weighted by molar-refractivity contribution is 0.0448. The fourth-order valence-corrected chi connectivity index (χ4v) is 3.39. The molecule has 0 amide bonds. The van der Waals surface area contributed by atoms with Gasteiger partial charge in [-0.15, -0.1) is 11.3 Å². The number of benzene rings is 1. The number of carbonyl (C=O) groups excluding carboxylic acids is 2. The molecule has 26 heavy (non-hydrogen) atoms. The highest BCUT2D eigenvalue weighted by molar-refractivity contribution is 7.17. The van der Waals surface area contributed by atoms with Crippen LogP contribution in [-0.2, 0) is 16.1 Å². The summed E-state index contributed by atoms with van der Waals surface area (Å²) in [6.07, 6.45) is 0. The number of hydrogen-bond acceptors (Lipinski definition) is 7. The Morgan fingerprint density at radius 1 is 1.15 bits per heavy atom. The number of furan rings is 1. The van der Waals surface area contributed by atoms with E-state index in [4.69, 9.17) is 9.15 Å². The van der Waals surface area contributed by atoms with Gasteiger partial charge in [0, 0.05) is 5.56 Å². The van der Waals surface area contributed by atoms with E-state index in [0.717, 1.165) is 10.6 Å². The molecule has 0 atom stereocenters. The van der Waals surface area contributed by atoms with Crippen molar-refractivity contribution in [1.29, 1.82) is 0 Å². The minimum atomic E-state index is -0.491. The molecular weight excluding hydrogens is 354 g/mol. The second-order valence-corrected chi connectivity index (χ2v) is 6.55. The van der Waals surface area contributed by atoms with Crippen LogP contribution in [0.1, 0.15) is 37.2 Å². The minimum absolute atomic E-state index is 0.0747. The van der Waals surface area contributed by atoms with Crippen molar-refractivity contribution in [2.45, 2.75) is 20.5 Å². The van der Waals surface area contributed by atoms with Gasteiger partial charge in [0.1, 0.15) is 33.6 Å². The summed E-state index contributed by atoms with van der Waals surface area (Å²) in [5.41, 5.74) is 1.88. The van der Waals surface area contributed by atoms with Crippen molar-refractivity contribution in [2.24, 2.45) is 0 Å². The number of rotatable bonds is 5. The summed E-state index contributed by atoms with van der Waals surface area (Å²) in [7, 11) is 1.30. The third-order valence-corrected chi connectivity index (χ3v) is 4.91. The van der Waals surface area contributed by atoms with Crippen LogP contribution in [0.25, 0.3) is 10.6 Å². The fraction of sp³-hybridized carbons (Fsp3) is 0.211. The number of carbonyl (C=O) groups is 2. The zero-order valence-electron chi connectivity index (χ0n) is 14.6. The Hall–Kier alpha value is -2.93. The monoisotopic (exact) mass is 371 g/mol. The summed E-state index contributed by atoms with van der Waals surface area (Å²) >= 11 is 1.28. The average molecular weight is 371 g/mol. The van der Waals surface area contributed by atoms with E-state index >= 15 is 0 Å². The number of thiazole rings is 1. The maximum absolute atomic E-state index is 12.4. The molecule has 0 spiro atoms. The van der Waals surface area contributed by atoms with Gasteiger partial charge in [0.15, 0.2) is 0 Å². The van der Waals surface area contributed by atoms with Gasteiger partial charge < -0.3 is 13.9 Å². The molecule has 0 aliphatic heterocycles. The lowest BCUT2D eigenvalue weighted by atomic mass is 10.2. The van der Waals surface area contributed by atoms with Gasteiger partial charge >= 0.3 is 11.9 Å². The minimum Gasteiger partial charge on any atom is -0.465 e. The molecule has 134 valence electrons. The molecule has 7 heteroatoms. The Labute approximate surface area is 154 Å². The first-order valence-electron chi connectivity index (χ1n) is 7.87. The predicted molar refractivity (Wildman–Crippen MR) is 96.2 cm³/mol. The molecule has 0 aliphatic carbocycles. The molecule has 0 saturated heterocycles. The second kappa shape index (κ2) is 7.53. The molecule has 2 aromatic heterocycles. The molecule has 0 saturated carbocycles. The van der Waals surface area contributed by atoms with Crippen molar-refractivity contribution in [3.05, 3.63) is 64.1 Å². The van der Waals surface area contributed by atoms with Crippen LogP contribution in [0, 0.1) is 13.8 Å². The van der Waals surface area contributed by atoms with E-state index in [-0.39, 0.29) is 6.61 Å². The maximum atomic E-state index is 12.4. The van der Waals surface area contributed by atoms with E-state index in [2.05, 4.69) is 9.72 Å². The van der Waals surface area contributed by atoms with Crippen molar-refractivity contribution in [2.75, 3.05) is 7.11 Å². The summed E-state index contributed by atoms with van der Waals surface area (Å²) in [4.78, 5) is 28.9. The molecule has 6 nitrogen and oxygen atoms in total. The van der Waals surface area contributed by atoms with Crippen LogP contribution in [-0.4, -0.2) is 24.0 Å². The Morgan fingerprint density at radius 2 is 1.88 bits per heavy atom. The van der Waals surface area contributed by atoms with Gasteiger partial charge in [-0.3, -0.25) is 0 Å². The van der Waals surface area contributed by atoms with Gasteiger partial charge in [-0.25, -0.2) is 14.6 Å². The molecular formula is C19H17NO5S. The summed E-state index contributed by atoms with van der Waals surface area (Å²) in [5.74, 6) is -0.171. The first-order valence-corrected chi connectivity index (χ1v) is 8.69. The smallest absolute Gasteiger partial charge is 0.350 e. The maximum Gasteiger partial charge on any atom is 0.350 e. The normalized spacial score (nSPS) is 10.6. The molecule has 0 radical (unpaired) electrons. The van der Waals surface area contributed by atoms with E-state index in [1.807, 2.05) is 30.3 Å². The van der Waals surface area contributed by atoms with E-state index in [0.29, 0.717) is 27.7 Å². The number of ether oxygens (including phenoxy) is 2. The first kappa shape index (κ1) is 17.9. The van der Waals surface area contributed by atoms with Crippen LogP contribution in [0.4, 0.5) is 0 Å². The zero-order chi connectivity index (χ0) is 18.7. The van der Waals surface area contributed by atoms with E-state index in [9.17, 15) is 9.59 Å². The molecule has 0 bridgehead atoms. The van der Waals surface area contributed by atoms with Gasteiger partial charge in [-0.2, -0.15) is 0 Å². The highest BCUT2D eigenvalue weighted by atomic mass is 32.1. The van der Waals surface area contributed by atoms with Gasteiger partial charge in [0.05, 0.1) is 12.8 Å². The number of nitrogens with zero attached hydrogens (tertiary/aromatic N) is 1. The topological polar surface area (TPSA) is 78.6 Å². The van der Waals surface area contributed by atoms with E-state index < -0.39 is 11.9 Å². The van der Waals surface area contributed by atoms with E-state index in [1.54, 1.807) is 13.8 Å². The Kier molecular flexibility index (Phi) is 5.18. The number of aromatic nitrogens is 1. The van der Waals surface area contributed by atoms with Crippen molar-refractivity contribution in [3.63, 3.8) is 0 Å². The van der Waals surface area contributed by atoms with Crippen molar-refractivity contribution < 1.29 is 23.5 Å². The van der Waals surface area contributed by atoms with Crippen LogP contribution >= 0.6 is 11.3 Å². The third kappa shape index (κ3) is 3.67. The molecule has 0 aliphatic rings. The number of esters is 2. The van der Waals surface area contributed by atoms with Gasteiger partial charge in [0.2, 0.25) is 0 Å². The van der Waals surface area contributed by atoms with Crippen LogP contribution in [0.3, 0.4) is 0 Å². The van der Waals surface area contributed by atoms with Crippen LogP contribution in [0.15, 0.2) is 40.8 Å². The van der Waals surface area contributed by atoms with Crippen molar-refractivity contribution in [1.82, 2.24) is 4.98 Å². The highest BCUT2D eigenvalue weighted by Crippen LogP contribution is 2.28. The Balaban J connectivity index is 1.71. The van der Waals surface area contributed by atoms with Crippen molar-refractivity contribution >= 4 is 23.3 Å². The highest BCUT2D eigenvalue weighted by Gasteiger charge is 2.20. The van der Waals surface area contributed by atoms with Gasteiger partial charge in [0.25, 0.3) is 0 Å². The van der Waals surface area contributed by atoms with Gasteiger partial charge in [-0.05, 0) is 19.9 Å². The number of hydrogen-bond donors (Lipinski definition) is 0. The summed E-state index contributed by atoms with van der Waals surface area (Å²) in [6, 6.07) is 11.2. The van der Waals surface area contributed by atoms with Crippen LogP contribution < -0.4 is 0 Å². The molecule has 3 aromatic rings. The van der Waals surface area contributed by atoms with Crippen molar-refractivity contribution in [3.8, 4) is 10.6 Å². The molecule has 3 rings (SSSR count). The van der Waals surface area contributed by atoms with Crippen LogP contribution in [0.2, 0.25) is 0 Å². The lowest BCUT2D eigenvalue weighted by Gasteiger charge is -2.00. The quantitative estimate of drug-likeness (QED) is 0.627. The third-order valence-electron chi connectivity index (χ3n) is 3.72. The second-order valence-electron chi connectivity index (χ2n) is 5.55. The molecule has 0 N–H and O–H groups in total. The molecule has 0 fully saturated rings. The SMILES string of the molecule is COC(=O)c1cc(COC(=O)c2sc(-c3ccccc3)nc2C)oc1C. The van der Waals surface area contributed by atoms with E-state index in [1.165, 1.54) is 24.5 Å². The largest absolute Gasteiger partial charge is 0.465 e. The standard InChI is InChI=1S/C19H17NO5S/c1-11-16(26-17(20-11)13-7-5-4-6-8-13)19(22)24-10-14-9-15(12(2)25-14)18(21)23-3/h4-9H,10H2,1-3H3. The average Bonchev–Trinajstić information content (AvgIpc) is 3.22. The Bertz CT molecular complexity index is 942. The molecule has 1 aromatic carbocycles. The number of aryl methyl sites for hydroxylation is 2.